The SMILES string of the molecule is CC(C)[C@@H](NC(=O)[C@@H]1CCCN1C(=O)[C@H](Cc1ccc(Br)cc1)NC(=O)[C@@H](C)NC=O)C(=O)N[C@H](C(=O)N[C@H](Cc1c[nH]c2ccccc12)C(=O)N[C@@H](CCCN=C(N)N)C(=O)N[C@H](CS(=O)(=O)O)C(=O)N[C@H](C(=O)N(C)[C@@H](CCC(N)=O)C(=O)N[C@H](Cc1ccccc1)C(N)=O)[C@@H](C)O)C(C)(C)C. The van der Waals surface area contributed by atoms with Crippen LogP contribution in [-0.2, 0) is 91.7 Å². The second-order valence-corrected chi connectivity index (χ2v) is 29.3. The van der Waals surface area contributed by atoms with Gasteiger partial charge in [-0.15, -0.1) is 0 Å². The number of hydrogen-bond donors (Lipinski definition) is 16. The van der Waals surface area contributed by atoms with Gasteiger partial charge in [0.05, 0.1) is 6.10 Å². The topological polar surface area (TPSA) is 543 Å². The average Bonchev–Trinajstić information content (AvgIpc) is 1.63. The number of likely N-dealkylation sites (tertiary alicyclic amines) is 1. The minimum atomic E-state index is -5.25. The molecule has 0 bridgehead atoms. The molecule has 20 N–H and O–H groups in total. The highest BCUT2D eigenvalue weighted by Crippen LogP contribution is 2.25. The normalized spacial score (nSPS) is 16.2. The molecule has 0 saturated carbocycles. The summed E-state index contributed by atoms with van der Waals surface area (Å²) in [7, 11) is -4.20. The number of aliphatic hydroxyl groups excluding tert-OH is 1. The van der Waals surface area contributed by atoms with Crippen LogP contribution in [0.5, 0.6) is 0 Å². The summed E-state index contributed by atoms with van der Waals surface area (Å²) in [6.45, 7) is 10.5. The zero-order valence-corrected chi connectivity index (χ0v) is 61.5. The Bertz CT molecular complexity index is 3870. The highest BCUT2D eigenvalue weighted by atomic mass is 79.9. The van der Waals surface area contributed by atoms with Gasteiger partial charge in [-0.05, 0) is 92.2 Å². The third-order valence-electron chi connectivity index (χ3n) is 17.3. The maximum atomic E-state index is 15.1. The predicted molar refractivity (Wildman–Crippen MR) is 385 cm³/mol. The number of benzene rings is 3. The number of hydrogen-bond acceptors (Lipinski definition) is 17. The van der Waals surface area contributed by atoms with Crippen LogP contribution in [-0.4, -0.2) is 215 Å². The first kappa shape index (κ1) is 84.6. The lowest BCUT2D eigenvalue weighted by atomic mass is 9.85. The number of para-hydroxylation sites is 1. The number of nitrogens with one attached hydrogen (secondary N) is 10. The Morgan fingerprint density at radius 3 is 1.86 bits per heavy atom. The second-order valence-electron chi connectivity index (χ2n) is 26.9. The average molecular weight is 1540 g/mol. The highest BCUT2D eigenvalue weighted by molar-refractivity contribution is 9.10. The molecule has 0 unspecified atom stereocenters. The van der Waals surface area contributed by atoms with Crippen molar-refractivity contribution in [2.45, 2.75) is 179 Å². The molecule has 568 valence electrons. The summed E-state index contributed by atoms with van der Waals surface area (Å²) in [5, 5.41) is 34.4. The molecular formula is C68H96BrN17O17S. The number of guanidine groups is 1. The number of amides is 13. The molecule has 1 saturated heterocycles. The molecule has 3 aromatic carbocycles. The number of aliphatic imine (C=N–C) groups is 1. The highest BCUT2D eigenvalue weighted by Gasteiger charge is 2.44. The second kappa shape index (κ2) is 39.0. The van der Waals surface area contributed by atoms with Gasteiger partial charge in [-0.25, -0.2) is 0 Å². The first-order valence-electron chi connectivity index (χ1n) is 33.6. The van der Waals surface area contributed by atoms with E-state index < -0.39 is 183 Å². The van der Waals surface area contributed by atoms with Gasteiger partial charge in [0.1, 0.15) is 72.2 Å². The lowest BCUT2D eigenvalue weighted by molar-refractivity contribution is -0.145. The molecule has 2 heterocycles. The number of nitrogens with zero attached hydrogens (tertiary/aromatic N) is 3. The number of nitrogens with two attached hydrogens (primary N) is 4. The monoisotopic (exact) mass is 1530 g/mol. The van der Waals surface area contributed by atoms with Gasteiger partial charge < -0.3 is 90.7 Å². The summed E-state index contributed by atoms with van der Waals surface area (Å²) in [6.07, 6.45) is -1.21. The lowest BCUT2D eigenvalue weighted by Crippen LogP contribution is -2.63. The number of fused-ring (bicyclic) bond motifs is 1. The first-order valence-corrected chi connectivity index (χ1v) is 36.0. The summed E-state index contributed by atoms with van der Waals surface area (Å²) in [5.41, 5.74) is 23.4. The van der Waals surface area contributed by atoms with Gasteiger partial charge in [0.25, 0.3) is 10.1 Å². The van der Waals surface area contributed by atoms with Crippen molar-refractivity contribution in [3.05, 3.63) is 106 Å². The Balaban J connectivity index is 1.43. The summed E-state index contributed by atoms with van der Waals surface area (Å²) in [5.74, 6) is -14.3. The molecule has 5 rings (SSSR count). The molecule has 1 aliphatic rings. The van der Waals surface area contributed by atoms with Gasteiger partial charge in [0.2, 0.25) is 77.3 Å². The van der Waals surface area contributed by atoms with E-state index in [2.05, 4.69) is 73.8 Å². The maximum Gasteiger partial charge on any atom is 0.267 e. The molecule has 4 aromatic rings. The predicted octanol–water partition coefficient (Wildman–Crippen LogP) is -2.44. The Labute approximate surface area is 610 Å². The van der Waals surface area contributed by atoms with Crippen molar-refractivity contribution < 1.29 is 80.4 Å². The van der Waals surface area contributed by atoms with E-state index in [1.54, 1.807) is 120 Å². The molecule has 1 aromatic heterocycles. The van der Waals surface area contributed by atoms with Crippen molar-refractivity contribution in [3.8, 4) is 0 Å². The summed E-state index contributed by atoms with van der Waals surface area (Å²) < 4.78 is 36.3. The summed E-state index contributed by atoms with van der Waals surface area (Å²) >= 11 is 3.39. The van der Waals surface area contributed by atoms with Crippen molar-refractivity contribution in [2.75, 3.05) is 25.9 Å². The van der Waals surface area contributed by atoms with Crippen LogP contribution in [0.25, 0.3) is 10.9 Å². The van der Waals surface area contributed by atoms with E-state index in [0.29, 0.717) is 40.4 Å². The van der Waals surface area contributed by atoms with Crippen LogP contribution in [0, 0.1) is 11.3 Å². The number of H-pyrrole nitrogens is 1. The van der Waals surface area contributed by atoms with Gasteiger partial charge in [-0.3, -0.25) is 71.9 Å². The van der Waals surface area contributed by atoms with Gasteiger partial charge in [0.15, 0.2) is 5.96 Å². The van der Waals surface area contributed by atoms with Crippen molar-refractivity contribution in [1.29, 1.82) is 0 Å². The number of aromatic nitrogens is 1. The molecule has 34 nitrogen and oxygen atoms in total. The molecule has 1 aliphatic heterocycles. The Morgan fingerprint density at radius 2 is 1.26 bits per heavy atom. The number of rotatable bonds is 39. The number of halogens is 1. The van der Waals surface area contributed by atoms with E-state index in [4.69, 9.17) is 22.9 Å². The van der Waals surface area contributed by atoms with Crippen LogP contribution in [0.3, 0.4) is 0 Å². The quantitative estimate of drug-likeness (QED) is 0.00726. The van der Waals surface area contributed by atoms with Crippen LogP contribution in [0.15, 0.2) is 94.5 Å². The Morgan fingerprint density at radius 1 is 0.683 bits per heavy atom. The molecule has 0 aliphatic carbocycles. The van der Waals surface area contributed by atoms with E-state index in [9.17, 15) is 70.8 Å². The fraction of sp³-hybridized carbons (Fsp3) is 0.500. The van der Waals surface area contributed by atoms with Crippen LogP contribution < -0.4 is 70.8 Å². The number of primary amides is 2. The molecule has 0 spiro atoms. The molecule has 104 heavy (non-hydrogen) atoms. The third kappa shape index (κ3) is 25.7. The molecule has 0 radical (unpaired) electrons. The first-order chi connectivity index (χ1) is 48.8. The summed E-state index contributed by atoms with van der Waals surface area (Å²) in [6, 6.07) is 5.35. The maximum absolute atomic E-state index is 15.1. The number of carbonyl (C=O) groups excluding carboxylic acids is 13. The fourth-order valence-electron chi connectivity index (χ4n) is 11.6. The van der Waals surface area contributed by atoms with E-state index in [1.807, 2.05) is 0 Å². The smallest absolute Gasteiger partial charge is 0.267 e. The lowest BCUT2D eigenvalue weighted by Gasteiger charge is -2.34. The minimum Gasteiger partial charge on any atom is -0.391 e. The van der Waals surface area contributed by atoms with E-state index in [1.165, 1.54) is 11.8 Å². The summed E-state index contributed by atoms with van der Waals surface area (Å²) in [4.78, 5) is 189. The van der Waals surface area contributed by atoms with Gasteiger partial charge >= 0.3 is 0 Å². The fourth-order valence-corrected chi connectivity index (χ4v) is 12.5. The molecule has 13 amide bonds. The van der Waals surface area contributed by atoms with Gasteiger partial charge in [-0.1, -0.05) is 111 Å². The van der Waals surface area contributed by atoms with E-state index >= 15 is 9.59 Å². The minimum absolute atomic E-state index is 0.0142. The Kier molecular flexibility index (Phi) is 31.7. The third-order valence-corrected chi connectivity index (χ3v) is 18.6. The number of likely N-dealkylation sites (N-methyl/N-ethyl adjacent to an activating group) is 1. The van der Waals surface area contributed by atoms with Crippen molar-refractivity contribution in [3.63, 3.8) is 0 Å². The molecular weight excluding hydrogens is 1440 g/mol. The number of carbonyl (C=O) groups is 13. The zero-order chi connectivity index (χ0) is 77.5. The van der Waals surface area contributed by atoms with Crippen LogP contribution in [0.2, 0.25) is 0 Å². The van der Waals surface area contributed by atoms with E-state index in [0.717, 1.165) is 23.3 Å². The van der Waals surface area contributed by atoms with Crippen LogP contribution in [0.4, 0.5) is 0 Å². The van der Waals surface area contributed by atoms with Gasteiger partial charge in [0, 0.05) is 67.4 Å². The zero-order valence-electron chi connectivity index (χ0n) is 59.1. The van der Waals surface area contributed by atoms with Crippen molar-refractivity contribution >= 4 is 120 Å². The molecule has 1 fully saturated rings. The van der Waals surface area contributed by atoms with Crippen LogP contribution >= 0.6 is 15.9 Å². The standard InChI is InChI=1S/C68H96BrN17O17S/c1-36(2)53(82-62(96)51-21-15-29-86(51)65(99)48(80-57(91)37(3)76-35-87)31-40-22-24-42(69)25-23-40)63(97)84-55(68(5,6)7)64(98)79-47(32-41-33-75-44-19-13-12-18-43(41)44)59(93)77-45(20-14-28-74-67(72)73)58(92)81-49(34-104(101,102)103)60(94)83-54(38(4)88)66(100)85(8)50(26-27-52(70)89)61(95)78-46(56(71)90)30-39-16-10-9-11-17-39/h9-13,16-19,22-25,33,35-38,45-51,53-55,75,88H,14-15,20-21,26-32,34H2,1-8H3,(H2,70,89)(H2,71,90)(H,76,87)(H,77,93)(H,78,95)(H,79,98)(H,80,91)(H,81,92)(H,82,96)(H,83,94)(H,84,97)(H4,72,73,74)(H,101,102,103)/t37-,38-,45+,46-,47-,48+,49-,50+,51+,53-,54+,55-/m1/s1. The van der Waals surface area contributed by atoms with Crippen molar-refractivity contribution in [1.82, 2.24) is 62.6 Å². The van der Waals surface area contributed by atoms with Gasteiger partial charge in [-0.2, -0.15) is 8.42 Å². The van der Waals surface area contributed by atoms with E-state index in [-0.39, 0.29) is 57.6 Å². The number of aromatic amines is 1. The number of aliphatic hydroxyl groups is 1. The van der Waals surface area contributed by atoms with Crippen LogP contribution in [0.1, 0.15) is 104 Å². The van der Waals surface area contributed by atoms with Crippen molar-refractivity contribution in [2.24, 2.45) is 39.3 Å². The Hall–Kier alpha value is -10.1. The largest absolute Gasteiger partial charge is 0.391 e. The molecule has 36 heteroatoms. The molecule has 12 atom stereocenters.